The maximum atomic E-state index is 11.2. The van der Waals surface area contributed by atoms with Crippen molar-refractivity contribution in [3.05, 3.63) is 53.1 Å². The molecule has 0 atom stereocenters. The fourth-order valence-electron chi connectivity index (χ4n) is 2.04. The van der Waals surface area contributed by atoms with Crippen LogP contribution in [0.4, 0.5) is 0 Å². The second kappa shape index (κ2) is 3.96. The number of para-hydroxylation sites is 2. The first kappa shape index (κ1) is 11.0. The topological polar surface area (TPSA) is 50.2 Å². The molecule has 0 spiro atoms. The Kier molecular flexibility index (Phi) is 2.42. The van der Waals surface area contributed by atoms with Crippen LogP contribution in [0.15, 0.2) is 42.5 Å². The van der Waals surface area contributed by atoms with E-state index in [0.717, 1.165) is 5.39 Å². The smallest absolute Gasteiger partial charge is 0.337 e. The quantitative estimate of drug-likeness (QED) is 0.676. The summed E-state index contributed by atoms with van der Waals surface area (Å²) in [6.07, 6.45) is 0. The van der Waals surface area contributed by atoms with Crippen molar-refractivity contribution in [3.8, 4) is 0 Å². The number of rotatable bonds is 1. The summed E-state index contributed by atoms with van der Waals surface area (Å²) in [4.78, 5) is 15.6. The van der Waals surface area contributed by atoms with E-state index in [2.05, 4.69) is 4.98 Å². The Morgan fingerprint density at radius 2 is 1.78 bits per heavy atom. The lowest BCUT2D eigenvalue weighted by atomic mass is 10.1. The van der Waals surface area contributed by atoms with Crippen LogP contribution in [-0.4, -0.2) is 16.1 Å². The van der Waals surface area contributed by atoms with Crippen molar-refractivity contribution in [3.63, 3.8) is 0 Å². The van der Waals surface area contributed by atoms with E-state index in [4.69, 9.17) is 16.7 Å². The number of nitrogens with zero attached hydrogens (tertiary/aromatic N) is 1. The van der Waals surface area contributed by atoms with E-state index in [1.165, 1.54) is 6.07 Å². The Morgan fingerprint density at radius 1 is 1.06 bits per heavy atom. The van der Waals surface area contributed by atoms with Crippen LogP contribution in [-0.2, 0) is 0 Å². The molecule has 1 aromatic heterocycles. The number of aromatic nitrogens is 1. The number of carbonyl (C=O) groups is 1. The van der Waals surface area contributed by atoms with Gasteiger partial charge in [-0.15, -0.1) is 0 Å². The predicted molar refractivity (Wildman–Crippen MR) is 71.2 cm³/mol. The molecule has 88 valence electrons. The largest absolute Gasteiger partial charge is 0.478 e. The molecule has 1 N–H and O–H groups in total. The van der Waals surface area contributed by atoms with Crippen LogP contribution in [0, 0.1) is 0 Å². The van der Waals surface area contributed by atoms with Crippen LogP contribution >= 0.6 is 11.6 Å². The first-order chi connectivity index (χ1) is 8.68. The number of halogens is 1. The van der Waals surface area contributed by atoms with Crippen molar-refractivity contribution < 1.29 is 9.90 Å². The monoisotopic (exact) mass is 257 g/mol. The molecule has 3 rings (SSSR count). The molecule has 4 heteroatoms. The molecule has 3 aromatic rings. The molecule has 0 radical (unpaired) electrons. The summed E-state index contributed by atoms with van der Waals surface area (Å²) in [6.45, 7) is 0. The first-order valence-electron chi connectivity index (χ1n) is 5.39. The number of fused-ring (bicyclic) bond motifs is 2. The Hall–Kier alpha value is -2.13. The lowest BCUT2D eigenvalue weighted by Gasteiger charge is -2.07. The molecule has 0 aliphatic rings. The Labute approximate surface area is 108 Å². The van der Waals surface area contributed by atoms with Crippen molar-refractivity contribution in [2.75, 3.05) is 0 Å². The second-order valence-corrected chi connectivity index (χ2v) is 4.33. The molecule has 0 unspecified atom stereocenters. The summed E-state index contributed by atoms with van der Waals surface area (Å²) < 4.78 is 0. The van der Waals surface area contributed by atoms with Gasteiger partial charge in [-0.1, -0.05) is 41.9 Å². The molecule has 2 aromatic carbocycles. The summed E-state index contributed by atoms with van der Waals surface area (Å²) in [5, 5.41) is 11.2. The van der Waals surface area contributed by atoms with E-state index in [1.54, 1.807) is 12.1 Å². The highest BCUT2D eigenvalue weighted by atomic mass is 35.5. The third-order valence-corrected chi connectivity index (χ3v) is 3.28. The van der Waals surface area contributed by atoms with Crippen molar-refractivity contribution in [1.29, 1.82) is 0 Å². The van der Waals surface area contributed by atoms with Crippen LogP contribution < -0.4 is 0 Å². The molecule has 0 amide bonds. The zero-order valence-electron chi connectivity index (χ0n) is 9.22. The molecule has 0 aliphatic carbocycles. The molecule has 0 saturated carbocycles. The number of carboxylic acids is 1. The Balaban J connectivity index is 2.55. The van der Waals surface area contributed by atoms with E-state index >= 15 is 0 Å². The van der Waals surface area contributed by atoms with Gasteiger partial charge in [0.1, 0.15) is 0 Å². The molecule has 3 nitrogen and oxygen atoms in total. The zero-order chi connectivity index (χ0) is 12.7. The second-order valence-electron chi connectivity index (χ2n) is 3.95. The van der Waals surface area contributed by atoms with Crippen LogP contribution in [0.5, 0.6) is 0 Å². The van der Waals surface area contributed by atoms with E-state index in [9.17, 15) is 4.79 Å². The predicted octanol–water partition coefficient (Wildman–Crippen LogP) is 3.74. The van der Waals surface area contributed by atoms with Gasteiger partial charge in [0.05, 0.1) is 21.6 Å². The van der Waals surface area contributed by atoms with Gasteiger partial charge >= 0.3 is 5.97 Å². The van der Waals surface area contributed by atoms with Gasteiger partial charge in [0.15, 0.2) is 0 Å². The van der Waals surface area contributed by atoms with Gasteiger partial charge in [0.25, 0.3) is 0 Å². The fourth-order valence-corrected chi connectivity index (χ4v) is 2.35. The molecule has 0 fully saturated rings. The van der Waals surface area contributed by atoms with Crippen molar-refractivity contribution in [2.45, 2.75) is 0 Å². The highest BCUT2D eigenvalue weighted by molar-refractivity contribution is 6.40. The minimum atomic E-state index is -1.00. The number of hydrogen-bond donors (Lipinski definition) is 1. The molecule has 0 aliphatic heterocycles. The van der Waals surface area contributed by atoms with E-state index in [0.29, 0.717) is 21.4 Å². The zero-order valence-corrected chi connectivity index (χ0v) is 9.98. The number of benzene rings is 2. The average Bonchev–Trinajstić information content (AvgIpc) is 2.38. The maximum Gasteiger partial charge on any atom is 0.337 e. The summed E-state index contributed by atoms with van der Waals surface area (Å²) in [7, 11) is 0. The fraction of sp³-hybridized carbons (Fsp3) is 0. The van der Waals surface area contributed by atoms with E-state index in [-0.39, 0.29) is 5.56 Å². The Bertz CT molecular complexity index is 783. The van der Waals surface area contributed by atoms with Gasteiger partial charge < -0.3 is 5.11 Å². The van der Waals surface area contributed by atoms with Crippen LogP contribution in [0.1, 0.15) is 10.4 Å². The van der Waals surface area contributed by atoms with Gasteiger partial charge in [-0.3, -0.25) is 0 Å². The molecular formula is C14H8ClNO2. The summed E-state index contributed by atoms with van der Waals surface area (Å²) in [6, 6.07) is 12.4. The molecule has 18 heavy (non-hydrogen) atoms. The van der Waals surface area contributed by atoms with Gasteiger partial charge in [-0.05, 0) is 12.1 Å². The number of carboxylic acid groups (broad SMARTS) is 1. The third kappa shape index (κ3) is 1.52. The molecule has 1 heterocycles. The average molecular weight is 258 g/mol. The van der Waals surface area contributed by atoms with E-state index in [1.807, 2.05) is 24.3 Å². The van der Waals surface area contributed by atoms with Crippen molar-refractivity contribution >= 4 is 39.4 Å². The number of pyridine rings is 1. The normalized spacial score (nSPS) is 10.9. The van der Waals surface area contributed by atoms with Crippen LogP contribution in [0.2, 0.25) is 5.02 Å². The van der Waals surface area contributed by atoms with E-state index < -0.39 is 5.97 Å². The third-order valence-electron chi connectivity index (χ3n) is 2.88. The van der Waals surface area contributed by atoms with Gasteiger partial charge in [0.2, 0.25) is 0 Å². The standard InChI is InChI=1S/C14H8ClNO2/c15-12-8-4-1-2-7-11(8)16-13-9(12)5-3-6-10(13)14(17)18/h1-7H,(H,17,18). The SMILES string of the molecule is O=C(O)c1cccc2c(Cl)c3ccccc3nc12. The maximum absolute atomic E-state index is 11.2. The highest BCUT2D eigenvalue weighted by Crippen LogP contribution is 2.31. The highest BCUT2D eigenvalue weighted by Gasteiger charge is 2.13. The minimum absolute atomic E-state index is 0.167. The molecule has 0 bridgehead atoms. The summed E-state index contributed by atoms with van der Waals surface area (Å²) in [5.41, 5.74) is 1.29. The summed E-state index contributed by atoms with van der Waals surface area (Å²) in [5.74, 6) is -1.00. The van der Waals surface area contributed by atoms with Crippen LogP contribution in [0.25, 0.3) is 21.8 Å². The molecule has 0 saturated heterocycles. The minimum Gasteiger partial charge on any atom is -0.478 e. The van der Waals surface area contributed by atoms with Gasteiger partial charge in [-0.25, -0.2) is 9.78 Å². The van der Waals surface area contributed by atoms with Crippen molar-refractivity contribution in [2.24, 2.45) is 0 Å². The number of hydrogen-bond acceptors (Lipinski definition) is 2. The number of aromatic carboxylic acids is 1. The van der Waals surface area contributed by atoms with Gasteiger partial charge in [-0.2, -0.15) is 0 Å². The van der Waals surface area contributed by atoms with Crippen LogP contribution in [0.3, 0.4) is 0 Å². The Morgan fingerprint density at radius 3 is 2.56 bits per heavy atom. The van der Waals surface area contributed by atoms with Crippen molar-refractivity contribution in [1.82, 2.24) is 4.98 Å². The lowest BCUT2D eigenvalue weighted by molar-refractivity contribution is 0.0699. The lowest BCUT2D eigenvalue weighted by Crippen LogP contribution is -1.99. The molecular weight excluding hydrogens is 250 g/mol. The van der Waals surface area contributed by atoms with Gasteiger partial charge in [0, 0.05) is 10.8 Å². The first-order valence-corrected chi connectivity index (χ1v) is 5.76. The summed E-state index contributed by atoms with van der Waals surface area (Å²) >= 11 is 6.32.